The normalized spacial score (nSPS) is 13.1. The Morgan fingerprint density at radius 1 is 1.27 bits per heavy atom. The number of hydrogen-bond donors (Lipinski definition) is 2. The number of hydrogen-bond acceptors (Lipinski definition) is 6. The quantitative estimate of drug-likeness (QED) is 0.690. The van der Waals surface area contributed by atoms with Crippen LogP contribution in [0, 0.1) is 6.92 Å². The highest BCUT2D eigenvalue weighted by Gasteiger charge is 2.24. The fourth-order valence-corrected chi connectivity index (χ4v) is 3.32. The van der Waals surface area contributed by atoms with Gasteiger partial charge in [-0.2, -0.15) is 4.98 Å². The van der Waals surface area contributed by atoms with Gasteiger partial charge in [-0.05, 0) is 35.2 Å². The molecule has 30 heavy (non-hydrogen) atoms. The largest absolute Gasteiger partial charge is 0.344 e. The third-order valence-electron chi connectivity index (χ3n) is 5.04. The van der Waals surface area contributed by atoms with Crippen molar-refractivity contribution in [3.8, 4) is 11.1 Å². The van der Waals surface area contributed by atoms with Gasteiger partial charge in [-0.3, -0.25) is 9.59 Å². The van der Waals surface area contributed by atoms with E-state index in [2.05, 4.69) is 25.8 Å². The van der Waals surface area contributed by atoms with E-state index in [9.17, 15) is 9.59 Å². The van der Waals surface area contributed by atoms with E-state index in [0.29, 0.717) is 24.6 Å². The zero-order chi connectivity index (χ0) is 21.5. The lowest BCUT2D eigenvalue weighted by Crippen LogP contribution is -2.24. The Morgan fingerprint density at radius 2 is 2.07 bits per heavy atom. The number of aromatic nitrogens is 3. The number of carbonyl (C=O) groups excluding carboxylic acids is 2. The summed E-state index contributed by atoms with van der Waals surface area (Å²) in [6, 6.07) is 7.91. The van der Waals surface area contributed by atoms with Crippen molar-refractivity contribution in [3.63, 3.8) is 0 Å². The van der Waals surface area contributed by atoms with Crippen LogP contribution in [0.3, 0.4) is 0 Å². The lowest BCUT2D eigenvalue weighted by molar-refractivity contribution is -0.115. The average molecular weight is 405 g/mol. The maximum atomic E-state index is 12.4. The summed E-state index contributed by atoms with van der Waals surface area (Å²) >= 11 is 0. The number of nitrogens with zero attached hydrogens (tertiary/aromatic N) is 3. The highest BCUT2D eigenvalue weighted by atomic mass is 16.5. The molecule has 0 spiro atoms. The molecule has 1 aliphatic heterocycles. The van der Waals surface area contributed by atoms with Crippen LogP contribution in [0.4, 0.5) is 5.82 Å². The number of anilines is 1. The van der Waals surface area contributed by atoms with Crippen LogP contribution in [0.2, 0.25) is 0 Å². The SMILES string of the molecule is Cc1cc(-c2ccnc3c2CC(=O)N3)ccc1CNC(=O)c1nc(C(C)(C)C)no1. The Morgan fingerprint density at radius 3 is 2.77 bits per heavy atom. The van der Waals surface area contributed by atoms with Crippen LogP contribution in [0.1, 0.15) is 54.0 Å². The van der Waals surface area contributed by atoms with Crippen LogP contribution in [0.5, 0.6) is 0 Å². The minimum atomic E-state index is -0.405. The predicted octanol–water partition coefficient (Wildman–Crippen LogP) is 3.16. The van der Waals surface area contributed by atoms with Crippen molar-refractivity contribution in [3.05, 3.63) is 58.9 Å². The first-order valence-corrected chi connectivity index (χ1v) is 9.72. The summed E-state index contributed by atoms with van der Waals surface area (Å²) in [7, 11) is 0. The van der Waals surface area contributed by atoms with Gasteiger partial charge < -0.3 is 15.2 Å². The molecule has 0 fully saturated rings. The molecule has 2 N–H and O–H groups in total. The standard InChI is InChI=1S/C22H23N5O3/c1-12-9-13(15-7-8-23-18-16(15)10-17(28)25-18)5-6-14(12)11-24-19(29)20-26-21(27-30-20)22(2,3)4/h5-9H,10-11H2,1-4H3,(H,24,29)(H,23,25,28). The summed E-state index contributed by atoms with van der Waals surface area (Å²) in [5.74, 6) is 0.625. The maximum absolute atomic E-state index is 12.4. The zero-order valence-corrected chi connectivity index (χ0v) is 17.4. The summed E-state index contributed by atoms with van der Waals surface area (Å²) in [5, 5.41) is 9.48. The van der Waals surface area contributed by atoms with Gasteiger partial charge in [0.2, 0.25) is 5.91 Å². The van der Waals surface area contributed by atoms with Gasteiger partial charge in [0.25, 0.3) is 0 Å². The fourth-order valence-electron chi connectivity index (χ4n) is 3.32. The van der Waals surface area contributed by atoms with Crippen molar-refractivity contribution in [1.29, 1.82) is 0 Å². The molecule has 0 unspecified atom stereocenters. The number of aryl methyl sites for hydroxylation is 1. The van der Waals surface area contributed by atoms with E-state index in [0.717, 1.165) is 27.8 Å². The molecule has 154 valence electrons. The summed E-state index contributed by atoms with van der Waals surface area (Å²) in [5.41, 5.74) is 4.61. The van der Waals surface area contributed by atoms with Gasteiger partial charge in [-0.25, -0.2) is 4.98 Å². The van der Waals surface area contributed by atoms with E-state index < -0.39 is 5.91 Å². The lowest BCUT2D eigenvalue weighted by atomic mass is 9.96. The summed E-state index contributed by atoms with van der Waals surface area (Å²) in [6.45, 7) is 8.19. The van der Waals surface area contributed by atoms with E-state index in [1.54, 1.807) is 6.20 Å². The van der Waals surface area contributed by atoms with Crippen LogP contribution < -0.4 is 10.6 Å². The Bertz CT molecular complexity index is 1140. The van der Waals surface area contributed by atoms with Crippen LogP contribution in [0.25, 0.3) is 11.1 Å². The zero-order valence-electron chi connectivity index (χ0n) is 17.4. The third-order valence-corrected chi connectivity index (χ3v) is 5.04. The minimum absolute atomic E-state index is 0.0429. The van der Waals surface area contributed by atoms with Gasteiger partial charge in [0, 0.05) is 23.7 Å². The fraction of sp³-hybridized carbons (Fsp3) is 0.318. The molecule has 3 heterocycles. The molecule has 8 heteroatoms. The number of rotatable bonds is 4. The Kier molecular flexibility index (Phi) is 4.85. The number of benzene rings is 1. The molecule has 2 aromatic heterocycles. The Balaban J connectivity index is 1.49. The first kappa shape index (κ1) is 19.8. The van der Waals surface area contributed by atoms with Gasteiger partial charge in [-0.15, -0.1) is 0 Å². The second-order valence-electron chi connectivity index (χ2n) is 8.41. The van der Waals surface area contributed by atoms with Gasteiger partial charge >= 0.3 is 11.8 Å². The molecule has 0 atom stereocenters. The number of pyridine rings is 1. The van der Waals surface area contributed by atoms with Crippen molar-refractivity contribution in [2.75, 3.05) is 5.32 Å². The van der Waals surface area contributed by atoms with Gasteiger partial charge in [0.05, 0.1) is 6.42 Å². The van der Waals surface area contributed by atoms with E-state index in [1.165, 1.54) is 0 Å². The van der Waals surface area contributed by atoms with Crippen molar-refractivity contribution in [2.45, 2.75) is 46.1 Å². The molecule has 0 radical (unpaired) electrons. The summed E-state index contributed by atoms with van der Waals surface area (Å²) < 4.78 is 5.09. The highest BCUT2D eigenvalue weighted by Crippen LogP contribution is 2.32. The number of nitrogens with one attached hydrogen (secondary N) is 2. The predicted molar refractivity (Wildman–Crippen MR) is 111 cm³/mol. The second-order valence-corrected chi connectivity index (χ2v) is 8.41. The van der Waals surface area contributed by atoms with Gasteiger partial charge in [-0.1, -0.05) is 44.1 Å². The van der Waals surface area contributed by atoms with Crippen LogP contribution in [0.15, 0.2) is 35.0 Å². The summed E-state index contributed by atoms with van der Waals surface area (Å²) in [4.78, 5) is 32.5. The first-order chi connectivity index (χ1) is 14.2. The highest BCUT2D eigenvalue weighted by molar-refractivity contribution is 6.00. The van der Waals surface area contributed by atoms with Crippen LogP contribution in [-0.2, 0) is 23.2 Å². The summed E-state index contributed by atoms with van der Waals surface area (Å²) in [6.07, 6.45) is 2.02. The molecule has 0 aliphatic carbocycles. The minimum Gasteiger partial charge on any atom is -0.344 e. The molecule has 1 aliphatic rings. The molecule has 0 saturated carbocycles. The molecule has 3 aromatic rings. The smallest absolute Gasteiger partial charge is 0.315 e. The first-order valence-electron chi connectivity index (χ1n) is 9.72. The molecule has 4 rings (SSSR count). The third kappa shape index (κ3) is 3.80. The van der Waals surface area contributed by atoms with E-state index >= 15 is 0 Å². The number of carbonyl (C=O) groups is 2. The van der Waals surface area contributed by atoms with Crippen molar-refractivity contribution < 1.29 is 14.1 Å². The second kappa shape index (κ2) is 7.37. The number of amides is 2. The average Bonchev–Trinajstić information content (AvgIpc) is 3.32. The molecular formula is C22H23N5O3. The Hall–Kier alpha value is -3.55. The van der Waals surface area contributed by atoms with E-state index in [1.807, 2.05) is 52.0 Å². The molecule has 8 nitrogen and oxygen atoms in total. The molecule has 0 saturated heterocycles. The van der Waals surface area contributed by atoms with Gasteiger partial charge in [0.1, 0.15) is 5.82 Å². The molecule has 2 amide bonds. The Labute approximate surface area is 174 Å². The topological polar surface area (TPSA) is 110 Å². The van der Waals surface area contributed by atoms with Crippen LogP contribution in [-0.4, -0.2) is 26.9 Å². The van der Waals surface area contributed by atoms with Gasteiger partial charge in [0.15, 0.2) is 5.82 Å². The van der Waals surface area contributed by atoms with Crippen molar-refractivity contribution in [2.24, 2.45) is 0 Å². The maximum Gasteiger partial charge on any atom is 0.315 e. The monoisotopic (exact) mass is 405 g/mol. The number of fused-ring (bicyclic) bond motifs is 1. The van der Waals surface area contributed by atoms with Crippen molar-refractivity contribution in [1.82, 2.24) is 20.4 Å². The van der Waals surface area contributed by atoms with Crippen LogP contribution >= 0.6 is 0 Å². The van der Waals surface area contributed by atoms with E-state index in [4.69, 9.17) is 4.52 Å². The molecular weight excluding hydrogens is 382 g/mol. The molecule has 1 aromatic carbocycles. The lowest BCUT2D eigenvalue weighted by Gasteiger charge is -2.11. The van der Waals surface area contributed by atoms with Crippen molar-refractivity contribution >= 4 is 17.6 Å². The molecule has 0 bridgehead atoms. The van der Waals surface area contributed by atoms with E-state index in [-0.39, 0.29) is 17.2 Å².